The van der Waals surface area contributed by atoms with Gasteiger partial charge in [0.25, 0.3) is 0 Å². The summed E-state index contributed by atoms with van der Waals surface area (Å²) in [7, 11) is 1.90. The van der Waals surface area contributed by atoms with Gasteiger partial charge in [-0.3, -0.25) is 0 Å². The molecule has 1 aromatic carbocycles. The Hall–Kier alpha value is -1.42. The first-order chi connectivity index (χ1) is 5.36. The van der Waals surface area contributed by atoms with Gasteiger partial charge in [0.05, 0.1) is 0 Å². The first-order valence-electron chi connectivity index (χ1n) is 3.57. The van der Waals surface area contributed by atoms with Crippen LogP contribution in [0.4, 0.5) is 5.69 Å². The van der Waals surface area contributed by atoms with Gasteiger partial charge in [-0.15, -0.1) is 5.92 Å². The lowest BCUT2D eigenvalue weighted by Crippen LogP contribution is -1.87. The molecular formula is C10H11N. The van der Waals surface area contributed by atoms with E-state index in [0.29, 0.717) is 0 Å². The van der Waals surface area contributed by atoms with Gasteiger partial charge in [-0.2, -0.15) is 0 Å². The van der Waals surface area contributed by atoms with E-state index >= 15 is 0 Å². The van der Waals surface area contributed by atoms with Crippen LogP contribution in [-0.4, -0.2) is 7.05 Å². The fourth-order valence-electron chi connectivity index (χ4n) is 0.897. The van der Waals surface area contributed by atoms with E-state index in [9.17, 15) is 0 Å². The Morgan fingerprint density at radius 2 is 2.18 bits per heavy atom. The second-order valence-corrected chi connectivity index (χ2v) is 2.21. The van der Waals surface area contributed by atoms with E-state index in [1.807, 2.05) is 38.2 Å². The van der Waals surface area contributed by atoms with Crippen molar-refractivity contribution in [2.75, 3.05) is 12.4 Å². The van der Waals surface area contributed by atoms with Crippen molar-refractivity contribution in [2.45, 2.75) is 6.92 Å². The van der Waals surface area contributed by atoms with Crippen molar-refractivity contribution < 1.29 is 0 Å². The van der Waals surface area contributed by atoms with E-state index in [2.05, 4.69) is 17.2 Å². The standard InChI is InChI=1S/C10H11N/c1-3-5-9-6-4-7-10(8-9)11-2/h4,6-8,11H,1-2H3. The molecule has 0 aliphatic carbocycles. The van der Waals surface area contributed by atoms with E-state index in [1.165, 1.54) is 0 Å². The first-order valence-corrected chi connectivity index (χ1v) is 3.57. The molecule has 56 valence electrons. The number of nitrogens with one attached hydrogen (secondary N) is 1. The predicted molar refractivity (Wildman–Crippen MR) is 48.5 cm³/mol. The molecule has 0 aliphatic rings. The lowest BCUT2D eigenvalue weighted by Gasteiger charge is -1.98. The van der Waals surface area contributed by atoms with Crippen LogP contribution in [0.15, 0.2) is 24.3 Å². The van der Waals surface area contributed by atoms with Crippen molar-refractivity contribution in [3.63, 3.8) is 0 Å². The van der Waals surface area contributed by atoms with Gasteiger partial charge >= 0.3 is 0 Å². The summed E-state index contributed by atoms with van der Waals surface area (Å²) < 4.78 is 0. The molecule has 0 fully saturated rings. The summed E-state index contributed by atoms with van der Waals surface area (Å²) in [6.45, 7) is 1.84. The van der Waals surface area contributed by atoms with Crippen molar-refractivity contribution in [2.24, 2.45) is 0 Å². The SMILES string of the molecule is CC#Cc1cccc(NC)c1. The zero-order valence-corrected chi connectivity index (χ0v) is 6.81. The lowest BCUT2D eigenvalue weighted by molar-refractivity contribution is 1.50. The minimum Gasteiger partial charge on any atom is -0.388 e. The molecular weight excluding hydrogens is 134 g/mol. The molecule has 0 atom stereocenters. The van der Waals surface area contributed by atoms with E-state index < -0.39 is 0 Å². The average Bonchev–Trinajstić information content (AvgIpc) is 2.06. The number of rotatable bonds is 1. The average molecular weight is 145 g/mol. The van der Waals surface area contributed by atoms with E-state index in [-0.39, 0.29) is 0 Å². The molecule has 1 nitrogen and oxygen atoms in total. The Morgan fingerprint density at radius 3 is 2.82 bits per heavy atom. The molecule has 0 aliphatic heterocycles. The highest BCUT2D eigenvalue weighted by Gasteiger charge is 1.87. The van der Waals surface area contributed by atoms with Gasteiger partial charge in [0.1, 0.15) is 0 Å². The number of benzene rings is 1. The molecule has 0 heterocycles. The van der Waals surface area contributed by atoms with Crippen LogP contribution >= 0.6 is 0 Å². The second kappa shape index (κ2) is 3.68. The Balaban J connectivity index is 2.97. The summed E-state index contributed by atoms with van der Waals surface area (Å²) in [5, 5.41) is 3.06. The monoisotopic (exact) mass is 145 g/mol. The number of anilines is 1. The summed E-state index contributed by atoms with van der Waals surface area (Å²) in [4.78, 5) is 0. The Bertz CT molecular complexity index is 291. The highest BCUT2D eigenvalue weighted by atomic mass is 14.8. The van der Waals surface area contributed by atoms with Crippen LogP contribution in [0.5, 0.6) is 0 Å². The van der Waals surface area contributed by atoms with E-state index in [1.54, 1.807) is 0 Å². The maximum atomic E-state index is 3.06. The highest BCUT2D eigenvalue weighted by Crippen LogP contribution is 2.07. The van der Waals surface area contributed by atoms with Crippen LogP contribution in [-0.2, 0) is 0 Å². The molecule has 0 saturated carbocycles. The Labute approximate surface area is 67.4 Å². The molecule has 1 N–H and O–H groups in total. The first kappa shape index (κ1) is 7.68. The largest absolute Gasteiger partial charge is 0.388 e. The van der Waals surface area contributed by atoms with Gasteiger partial charge in [-0.1, -0.05) is 12.0 Å². The van der Waals surface area contributed by atoms with Crippen molar-refractivity contribution in [3.05, 3.63) is 29.8 Å². The minimum absolute atomic E-state index is 1.05. The van der Waals surface area contributed by atoms with Gasteiger partial charge in [-0.05, 0) is 25.1 Å². The van der Waals surface area contributed by atoms with Gasteiger partial charge in [0, 0.05) is 18.3 Å². The zero-order chi connectivity index (χ0) is 8.10. The molecule has 0 bridgehead atoms. The van der Waals surface area contributed by atoms with Crippen molar-refractivity contribution in [1.82, 2.24) is 0 Å². The van der Waals surface area contributed by atoms with Crippen LogP contribution in [0.25, 0.3) is 0 Å². The van der Waals surface area contributed by atoms with Crippen LogP contribution in [0.3, 0.4) is 0 Å². The quantitative estimate of drug-likeness (QED) is 0.597. The smallest absolute Gasteiger partial charge is 0.0350 e. The molecule has 1 heteroatoms. The van der Waals surface area contributed by atoms with E-state index in [4.69, 9.17) is 0 Å². The summed E-state index contributed by atoms with van der Waals surface area (Å²) in [6.07, 6.45) is 0. The van der Waals surface area contributed by atoms with E-state index in [0.717, 1.165) is 11.3 Å². The van der Waals surface area contributed by atoms with Gasteiger partial charge in [0.2, 0.25) is 0 Å². The zero-order valence-electron chi connectivity index (χ0n) is 6.81. The fourth-order valence-corrected chi connectivity index (χ4v) is 0.897. The molecule has 1 aromatic rings. The molecule has 0 spiro atoms. The van der Waals surface area contributed by atoms with Crippen molar-refractivity contribution in [1.29, 1.82) is 0 Å². The molecule has 0 radical (unpaired) electrons. The molecule has 0 amide bonds. The number of hydrogen-bond donors (Lipinski definition) is 1. The minimum atomic E-state index is 1.05. The number of hydrogen-bond acceptors (Lipinski definition) is 1. The van der Waals surface area contributed by atoms with Gasteiger partial charge in [-0.25, -0.2) is 0 Å². The van der Waals surface area contributed by atoms with Crippen molar-refractivity contribution >= 4 is 5.69 Å². The van der Waals surface area contributed by atoms with Crippen LogP contribution in [0.1, 0.15) is 12.5 Å². The maximum absolute atomic E-state index is 3.06. The topological polar surface area (TPSA) is 12.0 Å². The summed E-state index contributed by atoms with van der Waals surface area (Å²) in [5.41, 5.74) is 2.16. The van der Waals surface area contributed by atoms with Crippen LogP contribution in [0.2, 0.25) is 0 Å². The van der Waals surface area contributed by atoms with Gasteiger partial charge < -0.3 is 5.32 Å². The molecule has 0 saturated heterocycles. The Morgan fingerprint density at radius 1 is 1.36 bits per heavy atom. The second-order valence-electron chi connectivity index (χ2n) is 2.21. The maximum Gasteiger partial charge on any atom is 0.0350 e. The third kappa shape index (κ3) is 2.01. The normalized spacial score (nSPS) is 8.18. The third-order valence-corrected chi connectivity index (χ3v) is 1.42. The predicted octanol–water partition coefficient (Wildman–Crippen LogP) is 2.10. The highest BCUT2D eigenvalue weighted by molar-refractivity contribution is 5.49. The summed E-state index contributed by atoms with van der Waals surface area (Å²) in [5.74, 6) is 5.85. The molecule has 11 heavy (non-hydrogen) atoms. The summed E-state index contributed by atoms with van der Waals surface area (Å²) >= 11 is 0. The van der Waals surface area contributed by atoms with Gasteiger partial charge in [0.15, 0.2) is 0 Å². The third-order valence-electron chi connectivity index (χ3n) is 1.42. The summed E-state index contributed by atoms with van der Waals surface area (Å²) in [6, 6.07) is 8.03. The van der Waals surface area contributed by atoms with Crippen molar-refractivity contribution in [3.8, 4) is 11.8 Å². The Kier molecular flexibility index (Phi) is 2.57. The fraction of sp³-hybridized carbons (Fsp3) is 0.200. The molecule has 0 unspecified atom stereocenters. The lowest BCUT2D eigenvalue weighted by atomic mass is 10.2. The molecule has 1 rings (SSSR count). The van der Waals surface area contributed by atoms with Crippen LogP contribution < -0.4 is 5.32 Å². The van der Waals surface area contributed by atoms with Crippen LogP contribution in [0, 0.1) is 11.8 Å². The molecule has 0 aromatic heterocycles.